The Morgan fingerprint density at radius 1 is 1.44 bits per heavy atom. The lowest BCUT2D eigenvalue weighted by Crippen LogP contribution is -2.36. The Balaban J connectivity index is 2.40. The zero-order valence-corrected chi connectivity index (χ0v) is 9.37. The van der Waals surface area contributed by atoms with Crippen molar-refractivity contribution in [1.82, 2.24) is 10.4 Å². The van der Waals surface area contributed by atoms with Crippen molar-refractivity contribution in [2.24, 2.45) is 0 Å². The monoisotopic (exact) mass is 227 g/mol. The van der Waals surface area contributed by atoms with Crippen molar-refractivity contribution in [3.05, 3.63) is 24.1 Å². The minimum Gasteiger partial charge on any atom is -0.443 e. The molecule has 0 radical (unpaired) electrons. The average Bonchev–Trinajstić information content (AvgIpc) is 2.14. The molecule has 0 aliphatic rings. The van der Waals surface area contributed by atoms with Gasteiger partial charge in [-0.1, -0.05) is 0 Å². The quantitative estimate of drug-likeness (QED) is 0.759. The summed E-state index contributed by atoms with van der Waals surface area (Å²) >= 11 is 0. The highest BCUT2D eigenvalue weighted by atomic mass is 19.1. The van der Waals surface area contributed by atoms with E-state index in [9.17, 15) is 9.18 Å². The average molecular weight is 227 g/mol. The number of ether oxygens (including phenoxy) is 1. The van der Waals surface area contributed by atoms with Crippen molar-refractivity contribution in [3.8, 4) is 0 Å². The summed E-state index contributed by atoms with van der Waals surface area (Å²) in [5, 5.41) is 0. The van der Waals surface area contributed by atoms with Gasteiger partial charge in [-0.2, -0.15) is 0 Å². The number of amides is 1. The molecule has 1 rings (SSSR count). The molecule has 1 amide bonds. The molecular weight excluding hydrogens is 213 g/mol. The lowest BCUT2D eigenvalue weighted by Gasteiger charge is -2.19. The van der Waals surface area contributed by atoms with E-state index in [0.29, 0.717) is 5.82 Å². The normalized spacial score (nSPS) is 10.8. The maximum Gasteiger partial charge on any atom is 0.426 e. The highest BCUT2D eigenvalue weighted by molar-refractivity contribution is 5.69. The summed E-state index contributed by atoms with van der Waals surface area (Å²) in [6, 6.07) is 2.62. The molecule has 5 nitrogen and oxygen atoms in total. The van der Waals surface area contributed by atoms with Gasteiger partial charge in [-0.25, -0.2) is 19.6 Å². The Morgan fingerprint density at radius 3 is 2.62 bits per heavy atom. The van der Waals surface area contributed by atoms with Crippen LogP contribution in [0.2, 0.25) is 0 Å². The molecule has 0 saturated carbocycles. The molecule has 0 fully saturated rings. The SMILES string of the molecule is CC(C)(C)OC(=O)NNc1ccc(F)cn1. The molecule has 88 valence electrons. The van der Waals surface area contributed by atoms with Crippen LogP contribution in [0.25, 0.3) is 0 Å². The van der Waals surface area contributed by atoms with Crippen LogP contribution in [0.1, 0.15) is 20.8 Å². The summed E-state index contributed by atoms with van der Waals surface area (Å²) in [7, 11) is 0. The molecule has 6 heteroatoms. The molecule has 0 saturated heterocycles. The van der Waals surface area contributed by atoms with Crippen LogP contribution >= 0.6 is 0 Å². The molecule has 0 aromatic carbocycles. The summed E-state index contributed by atoms with van der Waals surface area (Å²) in [5.74, 6) is -0.116. The third kappa shape index (κ3) is 4.59. The number of nitrogens with one attached hydrogen (secondary N) is 2. The molecule has 16 heavy (non-hydrogen) atoms. The lowest BCUT2D eigenvalue weighted by molar-refractivity contribution is 0.0541. The van der Waals surface area contributed by atoms with Crippen LogP contribution in [0.3, 0.4) is 0 Å². The van der Waals surface area contributed by atoms with Gasteiger partial charge >= 0.3 is 6.09 Å². The number of carbonyl (C=O) groups is 1. The second-order valence-corrected chi connectivity index (χ2v) is 4.11. The summed E-state index contributed by atoms with van der Waals surface area (Å²) in [5.41, 5.74) is 4.20. The number of rotatable bonds is 2. The van der Waals surface area contributed by atoms with E-state index in [2.05, 4.69) is 15.8 Å². The first kappa shape index (κ1) is 12.2. The number of aromatic nitrogens is 1. The van der Waals surface area contributed by atoms with E-state index in [0.717, 1.165) is 6.20 Å². The van der Waals surface area contributed by atoms with Crippen LogP contribution < -0.4 is 10.9 Å². The molecule has 1 heterocycles. The van der Waals surface area contributed by atoms with E-state index in [-0.39, 0.29) is 0 Å². The van der Waals surface area contributed by atoms with Gasteiger partial charge < -0.3 is 4.74 Å². The number of anilines is 1. The third-order valence-corrected chi connectivity index (χ3v) is 1.42. The van der Waals surface area contributed by atoms with E-state index >= 15 is 0 Å². The number of carbonyl (C=O) groups excluding carboxylic acids is 1. The van der Waals surface area contributed by atoms with E-state index in [1.54, 1.807) is 20.8 Å². The van der Waals surface area contributed by atoms with E-state index in [1.165, 1.54) is 12.1 Å². The van der Waals surface area contributed by atoms with Crippen molar-refractivity contribution in [3.63, 3.8) is 0 Å². The minimum absolute atomic E-state index is 0.326. The fraction of sp³-hybridized carbons (Fsp3) is 0.400. The van der Waals surface area contributed by atoms with Gasteiger partial charge in [0.05, 0.1) is 6.20 Å². The fourth-order valence-corrected chi connectivity index (χ4v) is 0.868. The Labute approximate surface area is 93.0 Å². The summed E-state index contributed by atoms with van der Waals surface area (Å²) < 4.78 is 17.5. The molecule has 1 aromatic heterocycles. The first-order valence-electron chi connectivity index (χ1n) is 4.73. The van der Waals surface area contributed by atoms with Gasteiger partial charge in [-0.15, -0.1) is 0 Å². The molecule has 0 spiro atoms. The Morgan fingerprint density at radius 2 is 2.12 bits per heavy atom. The van der Waals surface area contributed by atoms with Crippen molar-refractivity contribution < 1.29 is 13.9 Å². The van der Waals surface area contributed by atoms with Crippen molar-refractivity contribution >= 4 is 11.9 Å². The second-order valence-electron chi connectivity index (χ2n) is 4.11. The zero-order chi connectivity index (χ0) is 12.2. The van der Waals surface area contributed by atoms with Gasteiger partial charge in [0.2, 0.25) is 0 Å². The van der Waals surface area contributed by atoms with E-state index < -0.39 is 17.5 Å². The molecule has 1 aromatic rings. The zero-order valence-electron chi connectivity index (χ0n) is 9.37. The number of halogens is 1. The smallest absolute Gasteiger partial charge is 0.426 e. The summed E-state index contributed by atoms with van der Waals surface area (Å²) in [4.78, 5) is 14.9. The molecule has 0 bridgehead atoms. The van der Waals surface area contributed by atoms with Crippen LogP contribution in [-0.4, -0.2) is 16.7 Å². The molecule has 0 aliphatic heterocycles. The van der Waals surface area contributed by atoms with Crippen molar-refractivity contribution in [2.75, 3.05) is 5.43 Å². The Bertz CT molecular complexity index is 359. The predicted octanol–water partition coefficient (Wildman–Crippen LogP) is 2.07. The summed E-state index contributed by atoms with van der Waals surface area (Å²) in [6.45, 7) is 5.26. The van der Waals surface area contributed by atoms with E-state index in [4.69, 9.17) is 4.74 Å². The largest absolute Gasteiger partial charge is 0.443 e. The molecule has 2 N–H and O–H groups in total. The molecular formula is C10H14FN3O2. The van der Waals surface area contributed by atoms with Gasteiger partial charge in [-0.05, 0) is 32.9 Å². The van der Waals surface area contributed by atoms with Crippen molar-refractivity contribution in [2.45, 2.75) is 26.4 Å². The van der Waals surface area contributed by atoms with Gasteiger partial charge in [0.1, 0.15) is 17.2 Å². The van der Waals surface area contributed by atoms with Crippen LogP contribution in [0.5, 0.6) is 0 Å². The summed E-state index contributed by atoms with van der Waals surface area (Å²) in [6.07, 6.45) is 0.415. The molecule has 0 atom stereocenters. The topological polar surface area (TPSA) is 63.2 Å². The second kappa shape index (κ2) is 4.78. The van der Waals surface area contributed by atoms with Gasteiger partial charge in [0.25, 0.3) is 0 Å². The highest BCUT2D eigenvalue weighted by Gasteiger charge is 2.15. The van der Waals surface area contributed by atoms with Crippen LogP contribution in [0, 0.1) is 5.82 Å². The van der Waals surface area contributed by atoms with E-state index in [1.807, 2.05) is 0 Å². The Hall–Kier alpha value is -1.85. The van der Waals surface area contributed by atoms with Gasteiger partial charge in [-0.3, -0.25) is 5.43 Å². The first-order valence-corrected chi connectivity index (χ1v) is 4.73. The fourth-order valence-electron chi connectivity index (χ4n) is 0.868. The highest BCUT2D eigenvalue weighted by Crippen LogP contribution is 2.07. The third-order valence-electron chi connectivity index (χ3n) is 1.42. The molecule has 0 aliphatic carbocycles. The predicted molar refractivity (Wildman–Crippen MR) is 57.2 cm³/mol. The Kier molecular flexibility index (Phi) is 3.65. The van der Waals surface area contributed by atoms with Crippen LogP contribution in [0.15, 0.2) is 18.3 Å². The maximum atomic E-state index is 12.5. The number of hydrogen-bond donors (Lipinski definition) is 2. The molecule has 0 unspecified atom stereocenters. The number of pyridine rings is 1. The first-order chi connectivity index (χ1) is 7.37. The number of hydrogen-bond acceptors (Lipinski definition) is 4. The standard InChI is InChI=1S/C10H14FN3O2/c1-10(2,3)16-9(15)14-13-8-5-4-7(11)6-12-8/h4-6H,1-3H3,(H,12,13)(H,14,15). The van der Waals surface area contributed by atoms with Crippen LogP contribution in [0.4, 0.5) is 15.0 Å². The van der Waals surface area contributed by atoms with Gasteiger partial charge in [0.15, 0.2) is 0 Å². The minimum atomic E-state index is -0.626. The number of hydrazine groups is 1. The van der Waals surface area contributed by atoms with Gasteiger partial charge in [0, 0.05) is 0 Å². The lowest BCUT2D eigenvalue weighted by atomic mass is 10.2. The van der Waals surface area contributed by atoms with Crippen LogP contribution in [-0.2, 0) is 4.74 Å². The number of nitrogens with zero attached hydrogens (tertiary/aromatic N) is 1. The van der Waals surface area contributed by atoms with Crippen molar-refractivity contribution in [1.29, 1.82) is 0 Å². The maximum absolute atomic E-state index is 12.5.